The number of nitrogens with zero attached hydrogens (tertiary/aromatic N) is 3. The molecular weight excluding hydrogens is 574 g/mol. The maximum atomic E-state index is 10.9. The van der Waals surface area contributed by atoms with Crippen molar-refractivity contribution in [2.75, 3.05) is 18.5 Å². The van der Waals surface area contributed by atoms with Crippen molar-refractivity contribution < 1.29 is 9.37 Å². The van der Waals surface area contributed by atoms with E-state index in [4.69, 9.17) is 0 Å². The van der Waals surface area contributed by atoms with Crippen LogP contribution >= 0.6 is 0 Å². The molecule has 0 saturated heterocycles. The van der Waals surface area contributed by atoms with E-state index in [1.807, 2.05) is 24.3 Å². The predicted octanol–water partition coefficient (Wildman–Crippen LogP) is 10.0. The molecule has 236 valence electrons. The van der Waals surface area contributed by atoms with Gasteiger partial charge in [-0.2, -0.15) is 9.84 Å². The molecule has 0 unspecified atom stereocenters. The van der Waals surface area contributed by atoms with E-state index in [1.54, 1.807) is 0 Å². The molecule has 0 N–H and O–H groups in total. The van der Waals surface area contributed by atoms with Crippen molar-refractivity contribution in [3.63, 3.8) is 0 Å². The Morgan fingerprint density at radius 1 is 0.830 bits per heavy atom. The number of carbonyl (C=O) groups excluding carboxylic acids is 1. The summed E-state index contributed by atoms with van der Waals surface area (Å²) in [4.78, 5) is 13.3. The lowest BCUT2D eigenvalue weighted by molar-refractivity contribution is -0.401. The SMILES string of the molecule is C[N+]1=C(/C=C/C=C(C#N)/C=C/C=C2\N(CCCCCC=O)c3ccc4ccccc4c3C2(C)C)C(C)(C)c2c1ccc1ccccc21. The topological polar surface area (TPSA) is 47.1 Å². The third-order valence-electron chi connectivity index (χ3n) is 10.0. The fourth-order valence-electron chi connectivity index (χ4n) is 7.76. The van der Waals surface area contributed by atoms with E-state index in [-0.39, 0.29) is 10.8 Å². The van der Waals surface area contributed by atoms with Gasteiger partial charge in [0.1, 0.15) is 13.3 Å². The van der Waals surface area contributed by atoms with E-state index in [9.17, 15) is 10.1 Å². The van der Waals surface area contributed by atoms with Crippen LogP contribution in [0.2, 0.25) is 0 Å². The molecule has 0 bridgehead atoms. The standard InChI is InChI=1S/C43H44N3O/c1-42(2)38(45(5)36-26-24-32-18-8-10-20-34(32)40(36)42)22-14-16-31(30-44)17-15-23-39-43(3,4)41-35-21-11-9-19-33(35)25-27-37(41)46(39)28-12-6-7-13-29-47/h8-11,14-27,29H,6-7,12-13,28H2,1-5H3/q+1. The number of allylic oxidation sites excluding steroid dienone is 8. The Bertz CT molecular complexity index is 2060. The van der Waals surface area contributed by atoms with Gasteiger partial charge in [0.15, 0.2) is 5.71 Å². The molecule has 2 aliphatic rings. The van der Waals surface area contributed by atoms with Crippen LogP contribution in [0.1, 0.15) is 64.5 Å². The highest BCUT2D eigenvalue weighted by molar-refractivity contribution is 6.07. The number of rotatable bonds is 10. The molecule has 0 amide bonds. The average Bonchev–Trinajstić information content (AvgIpc) is 3.41. The Hall–Kier alpha value is -5.01. The first kappa shape index (κ1) is 32.0. The van der Waals surface area contributed by atoms with Crippen LogP contribution in [0.5, 0.6) is 0 Å². The molecule has 4 nitrogen and oxygen atoms in total. The Labute approximate surface area is 279 Å². The van der Waals surface area contributed by atoms with Gasteiger partial charge in [0.05, 0.1) is 17.1 Å². The highest BCUT2D eigenvalue weighted by Crippen LogP contribution is 2.51. The molecule has 0 fully saturated rings. The van der Waals surface area contributed by atoms with Crippen molar-refractivity contribution in [3.05, 3.63) is 132 Å². The minimum Gasteiger partial charge on any atom is -0.344 e. The van der Waals surface area contributed by atoms with E-state index in [0.717, 1.165) is 32.1 Å². The van der Waals surface area contributed by atoms with E-state index < -0.39 is 0 Å². The molecule has 0 saturated carbocycles. The van der Waals surface area contributed by atoms with Gasteiger partial charge in [-0.3, -0.25) is 0 Å². The summed E-state index contributed by atoms with van der Waals surface area (Å²) in [5.41, 5.74) is 7.79. The van der Waals surface area contributed by atoms with Crippen LogP contribution in [0, 0.1) is 11.3 Å². The molecule has 0 atom stereocenters. The number of fused-ring (bicyclic) bond motifs is 6. The molecule has 47 heavy (non-hydrogen) atoms. The van der Waals surface area contributed by atoms with E-state index in [2.05, 4.69) is 135 Å². The number of hydrogen-bond donors (Lipinski definition) is 0. The molecule has 6 rings (SSSR count). The number of carbonyl (C=O) groups is 1. The third-order valence-corrected chi connectivity index (χ3v) is 10.0. The van der Waals surface area contributed by atoms with E-state index >= 15 is 0 Å². The quantitative estimate of drug-likeness (QED) is 0.0584. The van der Waals surface area contributed by atoms with Gasteiger partial charge in [-0.05, 0) is 84.2 Å². The Morgan fingerprint density at radius 2 is 1.51 bits per heavy atom. The molecule has 2 heterocycles. The first-order valence-electron chi connectivity index (χ1n) is 16.7. The fraction of sp³-hybridized carbons (Fsp3) is 0.279. The zero-order valence-corrected chi connectivity index (χ0v) is 28.3. The zero-order valence-electron chi connectivity index (χ0n) is 28.3. The number of benzene rings is 4. The smallest absolute Gasteiger partial charge is 0.210 e. The summed E-state index contributed by atoms with van der Waals surface area (Å²) in [6.45, 7) is 10.0. The molecule has 4 aromatic rings. The van der Waals surface area contributed by atoms with Crippen LogP contribution in [0.3, 0.4) is 0 Å². The molecule has 4 heteroatoms. The van der Waals surface area contributed by atoms with E-state index in [0.29, 0.717) is 12.0 Å². The van der Waals surface area contributed by atoms with Crippen LogP contribution < -0.4 is 4.90 Å². The number of anilines is 1. The highest BCUT2D eigenvalue weighted by atomic mass is 16.1. The summed E-state index contributed by atoms with van der Waals surface area (Å²) in [5, 5.41) is 15.1. The lowest BCUT2D eigenvalue weighted by atomic mass is 9.79. The lowest BCUT2D eigenvalue weighted by Crippen LogP contribution is -2.27. The van der Waals surface area contributed by atoms with Gasteiger partial charge in [-0.25, -0.2) is 0 Å². The highest BCUT2D eigenvalue weighted by Gasteiger charge is 2.44. The predicted molar refractivity (Wildman–Crippen MR) is 197 cm³/mol. The second-order valence-electron chi connectivity index (χ2n) is 13.7. The Kier molecular flexibility index (Phi) is 8.84. The normalized spacial score (nSPS) is 17.7. The molecule has 0 aliphatic carbocycles. The largest absolute Gasteiger partial charge is 0.344 e. The summed E-state index contributed by atoms with van der Waals surface area (Å²) in [6.07, 6.45) is 16.7. The van der Waals surface area contributed by atoms with Gasteiger partial charge in [0.25, 0.3) is 0 Å². The minimum absolute atomic E-state index is 0.174. The summed E-state index contributed by atoms with van der Waals surface area (Å²) in [7, 11) is 2.13. The summed E-state index contributed by atoms with van der Waals surface area (Å²) < 4.78 is 2.27. The van der Waals surface area contributed by atoms with Crippen molar-refractivity contribution in [2.45, 2.75) is 64.2 Å². The van der Waals surface area contributed by atoms with Crippen molar-refractivity contribution in [3.8, 4) is 6.07 Å². The van der Waals surface area contributed by atoms with Gasteiger partial charge in [-0.15, -0.1) is 0 Å². The first-order chi connectivity index (χ1) is 22.7. The van der Waals surface area contributed by atoms with Crippen molar-refractivity contribution in [2.24, 2.45) is 0 Å². The summed E-state index contributed by atoms with van der Waals surface area (Å²) in [5.74, 6) is 0. The van der Waals surface area contributed by atoms with Gasteiger partial charge >= 0.3 is 0 Å². The minimum atomic E-state index is -0.214. The lowest BCUT2D eigenvalue weighted by Gasteiger charge is -2.27. The second kappa shape index (κ2) is 13.0. The molecule has 2 aliphatic heterocycles. The van der Waals surface area contributed by atoms with Gasteiger partial charge < -0.3 is 9.69 Å². The van der Waals surface area contributed by atoms with Crippen LogP contribution in [0.4, 0.5) is 11.4 Å². The number of nitriles is 1. The van der Waals surface area contributed by atoms with Gasteiger partial charge in [-0.1, -0.05) is 87.0 Å². The molecular formula is C43H44N3O+. The maximum Gasteiger partial charge on any atom is 0.210 e. The zero-order chi connectivity index (χ0) is 33.2. The molecule has 0 aromatic heterocycles. The monoisotopic (exact) mass is 618 g/mol. The number of hydrogen-bond acceptors (Lipinski definition) is 3. The van der Waals surface area contributed by atoms with Crippen LogP contribution in [-0.4, -0.2) is 30.2 Å². The fourth-order valence-corrected chi connectivity index (χ4v) is 7.76. The number of aldehydes is 1. The second-order valence-corrected chi connectivity index (χ2v) is 13.7. The van der Waals surface area contributed by atoms with Gasteiger partial charge in [0, 0.05) is 47.5 Å². The van der Waals surface area contributed by atoms with Gasteiger partial charge in [0.2, 0.25) is 5.69 Å². The van der Waals surface area contributed by atoms with Crippen LogP contribution in [0.15, 0.2) is 121 Å². The maximum absolute atomic E-state index is 10.9. The van der Waals surface area contributed by atoms with Crippen molar-refractivity contribution in [1.82, 2.24) is 0 Å². The van der Waals surface area contributed by atoms with E-state index in [1.165, 1.54) is 55.5 Å². The number of unbranched alkanes of at least 4 members (excludes halogenated alkanes) is 3. The summed E-state index contributed by atoms with van der Waals surface area (Å²) in [6, 6.07) is 28.5. The summed E-state index contributed by atoms with van der Waals surface area (Å²) >= 11 is 0. The van der Waals surface area contributed by atoms with Crippen molar-refractivity contribution in [1.29, 1.82) is 5.26 Å². The first-order valence-corrected chi connectivity index (χ1v) is 16.7. The average molecular weight is 619 g/mol. The Morgan fingerprint density at radius 3 is 2.21 bits per heavy atom. The third kappa shape index (κ3) is 5.76. The van der Waals surface area contributed by atoms with Crippen LogP contribution in [-0.2, 0) is 15.6 Å². The Balaban J connectivity index is 1.28. The molecule has 0 spiro atoms. The van der Waals surface area contributed by atoms with Crippen LogP contribution in [0.25, 0.3) is 21.5 Å². The van der Waals surface area contributed by atoms with Crippen molar-refractivity contribution >= 4 is 44.9 Å². The molecule has 4 aromatic carbocycles. The molecule has 0 radical (unpaired) electrons.